The summed E-state index contributed by atoms with van der Waals surface area (Å²) in [6, 6.07) is 15.0. The van der Waals surface area contributed by atoms with Crippen LogP contribution in [0.3, 0.4) is 0 Å². The van der Waals surface area contributed by atoms with Crippen molar-refractivity contribution in [1.82, 2.24) is 10.4 Å². The third-order valence-electron chi connectivity index (χ3n) is 5.95. The van der Waals surface area contributed by atoms with Gasteiger partial charge in [0.1, 0.15) is 0 Å². The highest BCUT2D eigenvalue weighted by molar-refractivity contribution is 9.10. The Morgan fingerprint density at radius 2 is 1.80 bits per heavy atom. The first kappa shape index (κ1) is 29.6. The number of amides is 3. The van der Waals surface area contributed by atoms with Gasteiger partial charge in [-0.05, 0) is 97.4 Å². The molecule has 0 atom stereocenters. The van der Waals surface area contributed by atoms with E-state index in [0.29, 0.717) is 38.2 Å². The Morgan fingerprint density at radius 3 is 2.50 bits per heavy atom. The molecule has 2 N–H and O–H groups in total. The molecular weight excluding hydrogens is 638 g/mol. The molecule has 0 unspecified atom stereocenters. The van der Waals surface area contributed by atoms with Gasteiger partial charge in [-0.3, -0.25) is 19.8 Å². The van der Waals surface area contributed by atoms with E-state index in [-0.39, 0.29) is 16.8 Å². The van der Waals surface area contributed by atoms with Crippen molar-refractivity contribution in [3.8, 4) is 11.5 Å². The van der Waals surface area contributed by atoms with Crippen LogP contribution in [0.25, 0.3) is 6.08 Å². The summed E-state index contributed by atoms with van der Waals surface area (Å²) in [6.07, 6.45) is 1.63. The number of nitrogens with one attached hydrogen (secondary N) is 2. The van der Waals surface area contributed by atoms with Gasteiger partial charge in [0, 0.05) is 20.7 Å². The lowest BCUT2D eigenvalue weighted by Gasteiger charge is -2.15. The number of benzene rings is 3. The topological polar surface area (TPSA) is 97.0 Å². The second-order valence-corrected chi connectivity index (χ2v) is 11.5. The zero-order chi connectivity index (χ0) is 29.0. The van der Waals surface area contributed by atoms with E-state index < -0.39 is 11.8 Å². The average Bonchev–Trinajstić information content (AvgIpc) is 3.20. The number of hydrazine groups is 1. The number of ether oxygens (including phenoxy) is 2. The van der Waals surface area contributed by atoms with Crippen molar-refractivity contribution < 1.29 is 23.9 Å². The van der Waals surface area contributed by atoms with E-state index in [0.717, 1.165) is 32.4 Å². The third kappa shape index (κ3) is 6.84. The molecule has 1 heterocycles. The maximum atomic E-state index is 13.0. The molecule has 12 heteroatoms. The van der Waals surface area contributed by atoms with Crippen molar-refractivity contribution in [3.63, 3.8) is 0 Å². The van der Waals surface area contributed by atoms with Crippen LogP contribution >= 0.6 is 51.5 Å². The molecule has 0 bridgehead atoms. The summed E-state index contributed by atoms with van der Waals surface area (Å²) in [5, 5.41) is 4.38. The van der Waals surface area contributed by atoms with Gasteiger partial charge in [-0.15, -0.1) is 0 Å². The average molecular weight is 661 g/mol. The molecule has 0 saturated carbocycles. The number of halogens is 2. The van der Waals surface area contributed by atoms with E-state index in [1.54, 1.807) is 48.5 Å². The molecule has 0 spiro atoms. The fourth-order valence-corrected chi connectivity index (χ4v) is 5.36. The van der Waals surface area contributed by atoms with Crippen LogP contribution in [-0.4, -0.2) is 40.8 Å². The Labute approximate surface area is 254 Å². The summed E-state index contributed by atoms with van der Waals surface area (Å²) in [4.78, 5) is 38.3. The molecule has 1 aliphatic rings. The van der Waals surface area contributed by atoms with Gasteiger partial charge in [0.2, 0.25) is 0 Å². The maximum Gasteiger partial charge on any atom is 0.285 e. The molecule has 3 amide bonds. The highest BCUT2D eigenvalue weighted by Crippen LogP contribution is 2.34. The van der Waals surface area contributed by atoms with Crippen molar-refractivity contribution in [2.75, 3.05) is 19.0 Å². The minimum Gasteiger partial charge on any atom is -0.493 e. The SMILES string of the molecule is COc1cc(/C=C2/SC(=S)N(NC(=O)c3ccc(Cl)cc3)C2=O)ccc1OCC(=O)Nc1ccc(Br)c(C)c1C. The van der Waals surface area contributed by atoms with Crippen LogP contribution in [0.5, 0.6) is 11.5 Å². The van der Waals surface area contributed by atoms with Crippen molar-refractivity contribution in [1.29, 1.82) is 0 Å². The maximum absolute atomic E-state index is 13.0. The molecule has 0 aliphatic carbocycles. The van der Waals surface area contributed by atoms with Crippen molar-refractivity contribution in [3.05, 3.63) is 91.3 Å². The fraction of sp³-hybridized carbons (Fsp3) is 0.143. The molecule has 206 valence electrons. The fourth-order valence-electron chi connectivity index (χ4n) is 3.63. The summed E-state index contributed by atoms with van der Waals surface area (Å²) in [6.45, 7) is 3.67. The van der Waals surface area contributed by atoms with E-state index in [2.05, 4.69) is 26.7 Å². The second-order valence-electron chi connectivity index (χ2n) is 8.56. The lowest BCUT2D eigenvalue weighted by atomic mass is 10.1. The van der Waals surface area contributed by atoms with E-state index in [1.165, 1.54) is 7.11 Å². The number of thioether (sulfide) groups is 1. The van der Waals surface area contributed by atoms with Gasteiger partial charge >= 0.3 is 0 Å². The molecule has 0 radical (unpaired) electrons. The van der Waals surface area contributed by atoms with Crippen LogP contribution in [0.1, 0.15) is 27.0 Å². The van der Waals surface area contributed by atoms with Crippen LogP contribution in [0.15, 0.2) is 64.0 Å². The predicted octanol–water partition coefficient (Wildman–Crippen LogP) is 6.29. The first-order valence-corrected chi connectivity index (χ1v) is 14.2. The number of hydrogen-bond donors (Lipinski definition) is 2. The Hall–Kier alpha value is -3.38. The van der Waals surface area contributed by atoms with Crippen LogP contribution in [0, 0.1) is 13.8 Å². The largest absolute Gasteiger partial charge is 0.493 e. The highest BCUT2D eigenvalue weighted by Gasteiger charge is 2.34. The van der Waals surface area contributed by atoms with Gasteiger partial charge in [0.25, 0.3) is 17.7 Å². The van der Waals surface area contributed by atoms with Crippen molar-refractivity contribution in [2.24, 2.45) is 0 Å². The number of nitrogens with zero attached hydrogens (tertiary/aromatic N) is 1. The van der Waals surface area contributed by atoms with Gasteiger partial charge in [-0.25, -0.2) is 0 Å². The quantitative estimate of drug-likeness (QED) is 0.217. The molecule has 3 aromatic rings. The number of rotatable bonds is 8. The van der Waals surface area contributed by atoms with Crippen LogP contribution in [0.2, 0.25) is 5.02 Å². The molecule has 1 fully saturated rings. The lowest BCUT2D eigenvalue weighted by Crippen LogP contribution is -2.44. The lowest BCUT2D eigenvalue weighted by molar-refractivity contribution is -0.123. The minimum absolute atomic E-state index is 0.188. The summed E-state index contributed by atoms with van der Waals surface area (Å²) in [7, 11) is 1.48. The molecule has 1 aliphatic heterocycles. The predicted molar refractivity (Wildman–Crippen MR) is 165 cm³/mol. The van der Waals surface area contributed by atoms with Gasteiger partial charge in [0.15, 0.2) is 22.4 Å². The first-order valence-electron chi connectivity index (χ1n) is 11.8. The zero-order valence-corrected chi connectivity index (χ0v) is 25.5. The first-order chi connectivity index (χ1) is 19.1. The Kier molecular flexibility index (Phi) is 9.52. The minimum atomic E-state index is -0.494. The number of carbonyl (C=O) groups excluding carboxylic acids is 3. The Morgan fingerprint density at radius 1 is 1.07 bits per heavy atom. The highest BCUT2D eigenvalue weighted by atomic mass is 79.9. The van der Waals surface area contributed by atoms with Crippen LogP contribution in [0.4, 0.5) is 5.69 Å². The van der Waals surface area contributed by atoms with Crippen LogP contribution in [-0.2, 0) is 9.59 Å². The molecule has 8 nitrogen and oxygen atoms in total. The molecule has 4 rings (SSSR count). The summed E-state index contributed by atoms with van der Waals surface area (Å²) in [5.41, 5.74) is 6.20. The van der Waals surface area contributed by atoms with Crippen molar-refractivity contribution >= 4 is 85.3 Å². The number of methoxy groups -OCH3 is 1. The number of anilines is 1. The Balaban J connectivity index is 1.41. The van der Waals surface area contributed by atoms with E-state index in [1.807, 2.05) is 26.0 Å². The zero-order valence-electron chi connectivity index (χ0n) is 21.5. The number of thiocarbonyl (C=S) groups is 1. The van der Waals surface area contributed by atoms with Gasteiger partial charge in [-0.1, -0.05) is 45.4 Å². The summed E-state index contributed by atoms with van der Waals surface area (Å²) in [5.74, 6) is -0.538. The molecule has 3 aromatic carbocycles. The Bertz CT molecular complexity index is 1550. The number of carbonyl (C=O) groups is 3. The van der Waals surface area contributed by atoms with E-state index in [9.17, 15) is 14.4 Å². The van der Waals surface area contributed by atoms with Gasteiger partial charge < -0.3 is 14.8 Å². The molecular formula is C28H23BrClN3O5S2. The molecule has 40 heavy (non-hydrogen) atoms. The summed E-state index contributed by atoms with van der Waals surface area (Å²) < 4.78 is 12.3. The van der Waals surface area contributed by atoms with E-state index >= 15 is 0 Å². The molecule has 0 aromatic heterocycles. The van der Waals surface area contributed by atoms with Gasteiger partial charge in [-0.2, -0.15) is 5.01 Å². The van der Waals surface area contributed by atoms with Gasteiger partial charge in [0.05, 0.1) is 12.0 Å². The second kappa shape index (κ2) is 12.9. The van der Waals surface area contributed by atoms with E-state index in [4.69, 9.17) is 33.3 Å². The normalized spacial score (nSPS) is 13.9. The third-order valence-corrected chi connectivity index (χ3v) is 8.37. The smallest absolute Gasteiger partial charge is 0.285 e. The monoisotopic (exact) mass is 659 g/mol. The standard InChI is InChI=1S/C28H23BrClN3O5S2/c1-15-16(2)21(10-9-20(15)29)31-25(34)14-38-22-11-4-17(12-23(22)37-3)13-24-27(36)33(28(39)40-24)32-26(35)18-5-7-19(30)8-6-18/h4-13H,14H2,1-3H3,(H,31,34)(H,32,35)/b24-13+. The summed E-state index contributed by atoms with van der Waals surface area (Å²) >= 11 is 15.7. The van der Waals surface area contributed by atoms with Crippen LogP contribution < -0.4 is 20.2 Å². The number of hydrogen-bond acceptors (Lipinski definition) is 7. The molecule has 1 saturated heterocycles. The van der Waals surface area contributed by atoms with Crippen molar-refractivity contribution in [2.45, 2.75) is 13.8 Å².